The van der Waals surface area contributed by atoms with Crippen molar-refractivity contribution in [1.29, 1.82) is 0 Å². The summed E-state index contributed by atoms with van der Waals surface area (Å²) in [5.74, 6) is -0.0286. The smallest absolute Gasteiger partial charge is 0.276 e. The van der Waals surface area contributed by atoms with Crippen LogP contribution in [0.25, 0.3) is 0 Å². The fourth-order valence-electron chi connectivity index (χ4n) is 2.37. The summed E-state index contributed by atoms with van der Waals surface area (Å²) < 4.78 is 1.75. The van der Waals surface area contributed by atoms with Crippen LogP contribution in [0.1, 0.15) is 56.6 Å². The Bertz CT molecular complexity index is 438. The van der Waals surface area contributed by atoms with E-state index in [-0.39, 0.29) is 18.0 Å². The molecule has 0 bridgehead atoms. The maximum Gasteiger partial charge on any atom is 0.276 e. The van der Waals surface area contributed by atoms with E-state index in [2.05, 4.69) is 12.0 Å². The molecule has 5 heteroatoms. The van der Waals surface area contributed by atoms with Crippen molar-refractivity contribution in [3.63, 3.8) is 0 Å². The normalized spacial score (nSPS) is 20.4. The van der Waals surface area contributed by atoms with Gasteiger partial charge < -0.3 is 10.6 Å². The molecule has 1 amide bonds. The highest BCUT2D eigenvalue weighted by atomic mass is 16.2. The van der Waals surface area contributed by atoms with Gasteiger partial charge in [0.25, 0.3) is 5.91 Å². The Hall–Kier alpha value is -1.52. The van der Waals surface area contributed by atoms with Crippen LogP contribution >= 0.6 is 0 Å². The van der Waals surface area contributed by atoms with Crippen LogP contribution < -0.4 is 5.73 Å². The monoisotopic (exact) mass is 250 g/mol. The number of aromatic nitrogens is 2. The third-order valence-electron chi connectivity index (χ3n) is 3.56. The molecule has 1 aliphatic rings. The zero-order valence-electron chi connectivity index (χ0n) is 11.4. The Morgan fingerprint density at radius 1 is 1.50 bits per heavy atom. The zero-order chi connectivity index (χ0) is 13.3. The zero-order valence-corrected chi connectivity index (χ0v) is 11.4. The minimum Gasteiger partial charge on any atom is -0.396 e. The van der Waals surface area contributed by atoms with Gasteiger partial charge in [-0.05, 0) is 40.0 Å². The molecule has 1 aromatic heterocycles. The molecule has 0 spiro atoms. The van der Waals surface area contributed by atoms with E-state index in [0.717, 1.165) is 19.4 Å². The van der Waals surface area contributed by atoms with Gasteiger partial charge in [0.1, 0.15) is 0 Å². The number of nitrogens with zero attached hydrogens (tertiary/aromatic N) is 3. The van der Waals surface area contributed by atoms with Gasteiger partial charge in [-0.3, -0.25) is 9.48 Å². The molecule has 0 aromatic carbocycles. The number of carbonyl (C=O) groups excluding carboxylic acids is 1. The first-order chi connectivity index (χ1) is 8.50. The third-order valence-corrected chi connectivity index (χ3v) is 3.56. The lowest BCUT2D eigenvalue weighted by atomic mass is 10.0. The number of hydrogen-bond acceptors (Lipinski definition) is 3. The van der Waals surface area contributed by atoms with E-state index in [4.69, 9.17) is 5.73 Å². The van der Waals surface area contributed by atoms with Gasteiger partial charge in [0.2, 0.25) is 0 Å². The van der Waals surface area contributed by atoms with Crippen LogP contribution in [0.3, 0.4) is 0 Å². The van der Waals surface area contributed by atoms with E-state index in [1.165, 1.54) is 6.42 Å². The average Bonchev–Trinajstić information content (AvgIpc) is 2.71. The lowest BCUT2D eigenvalue weighted by Crippen LogP contribution is -2.42. The van der Waals surface area contributed by atoms with E-state index in [9.17, 15) is 4.79 Å². The van der Waals surface area contributed by atoms with Crippen LogP contribution in [-0.4, -0.2) is 33.2 Å². The molecule has 0 radical (unpaired) electrons. The van der Waals surface area contributed by atoms with Crippen molar-refractivity contribution >= 4 is 11.6 Å². The van der Waals surface area contributed by atoms with E-state index in [1.807, 2.05) is 18.7 Å². The Labute approximate surface area is 108 Å². The van der Waals surface area contributed by atoms with Gasteiger partial charge in [-0.2, -0.15) is 5.10 Å². The van der Waals surface area contributed by atoms with Gasteiger partial charge in [-0.25, -0.2) is 0 Å². The van der Waals surface area contributed by atoms with Crippen molar-refractivity contribution in [2.24, 2.45) is 0 Å². The van der Waals surface area contributed by atoms with Crippen molar-refractivity contribution in [1.82, 2.24) is 14.7 Å². The molecule has 18 heavy (non-hydrogen) atoms. The van der Waals surface area contributed by atoms with Crippen LogP contribution in [0.15, 0.2) is 6.20 Å². The first-order valence-electron chi connectivity index (χ1n) is 6.66. The van der Waals surface area contributed by atoms with Gasteiger partial charge in [0.05, 0.1) is 5.69 Å². The molecule has 0 aliphatic carbocycles. The average molecular weight is 250 g/mol. The second-order valence-corrected chi connectivity index (χ2v) is 5.35. The minimum absolute atomic E-state index is 0.0286. The molecule has 5 nitrogen and oxygen atoms in total. The highest BCUT2D eigenvalue weighted by Gasteiger charge is 2.27. The first kappa shape index (κ1) is 12.9. The number of likely N-dealkylation sites (tertiary alicyclic amines) is 1. The van der Waals surface area contributed by atoms with E-state index >= 15 is 0 Å². The van der Waals surface area contributed by atoms with Crippen molar-refractivity contribution in [2.75, 3.05) is 12.3 Å². The number of nitrogens with two attached hydrogens (primary N) is 1. The molecule has 100 valence electrons. The Morgan fingerprint density at radius 2 is 2.22 bits per heavy atom. The summed E-state index contributed by atoms with van der Waals surface area (Å²) in [6.07, 6.45) is 5.07. The first-order valence-corrected chi connectivity index (χ1v) is 6.66. The Balaban J connectivity index is 2.22. The topological polar surface area (TPSA) is 64.2 Å². The summed E-state index contributed by atoms with van der Waals surface area (Å²) in [7, 11) is 0. The molecule has 2 rings (SSSR count). The molecule has 2 heterocycles. The molecule has 1 fully saturated rings. The van der Waals surface area contributed by atoms with Crippen molar-refractivity contribution < 1.29 is 4.79 Å². The second kappa shape index (κ2) is 5.00. The summed E-state index contributed by atoms with van der Waals surface area (Å²) in [6.45, 7) is 6.94. The summed E-state index contributed by atoms with van der Waals surface area (Å²) in [6, 6.07) is 0.502. The van der Waals surface area contributed by atoms with Gasteiger partial charge in [0, 0.05) is 24.8 Å². The fourth-order valence-corrected chi connectivity index (χ4v) is 2.37. The summed E-state index contributed by atoms with van der Waals surface area (Å²) in [4.78, 5) is 14.3. The number of rotatable bonds is 2. The molecule has 1 atom stereocenters. The summed E-state index contributed by atoms with van der Waals surface area (Å²) in [5, 5.41) is 4.32. The number of nitrogen functional groups attached to an aromatic ring is 1. The van der Waals surface area contributed by atoms with Gasteiger partial charge in [0.15, 0.2) is 5.69 Å². The van der Waals surface area contributed by atoms with Gasteiger partial charge >= 0.3 is 0 Å². The van der Waals surface area contributed by atoms with Crippen LogP contribution in [0, 0.1) is 0 Å². The van der Waals surface area contributed by atoms with E-state index < -0.39 is 0 Å². The van der Waals surface area contributed by atoms with Crippen LogP contribution in [-0.2, 0) is 0 Å². The number of hydrogen-bond donors (Lipinski definition) is 1. The quantitative estimate of drug-likeness (QED) is 0.873. The molecular weight excluding hydrogens is 228 g/mol. The van der Waals surface area contributed by atoms with Crippen molar-refractivity contribution in [2.45, 2.75) is 52.1 Å². The Morgan fingerprint density at radius 3 is 2.78 bits per heavy atom. The summed E-state index contributed by atoms with van der Waals surface area (Å²) in [5.41, 5.74) is 6.78. The number of carbonyl (C=O) groups is 1. The van der Waals surface area contributed by atoms with Gasteiger partial charge in [-0.1, -0.05) is 0 Å². The highest BCUT2D eigenvalue weighted by molar-refractivity contribution is 5.97. The molecule has 1 unspecified atom stereocenters. The van der Waals surface area contributed by atoms with E-state index in [0.29, 0.717) is 11.4 Å². The SMILES string of the molecule is CC1CCCCN1C(=O)c1nn(C(C)C)cc1N. The predicted octanol–water partition coefficient (Wildman–Crippen LogP) is 2.06. The van der Waals surface area contributed by atoms with Crippen molar-refractivity contribution in [3.8, 4) is 0 Å². The molecule has 1 aliphatic heterocycles. The third kappa shape index (κ3) is 2.35. The molecule has 1 aromatic rings. The number of piperidine rings is 1. The van der Waals surface area contributed by atoms with Crippen LogP contribution in [0.2, 0.25) is 0 Å². The second-order valence-electron chi connectivity index (χ2n) is 5.35. The molecular formula is C13H22N4O. The maximum absolute atomic E-state index is 12.4. The van der Waals surface area contributed by atoms with Crippen LogP contribution in [0.5, 0.6) is 0 Å². The molecule has 1 saturated heterocycles. The maximum atomic E-state index is 12.4. The minimum atomic E-state index is -0.0286. The number of amides is 1. The molecule has 0 saturated carbocycles. The standard InChI is InChI=1S/C13H22N4O/c1-9(2)17-8-11(14)12(15-17)13(18)16-7-5-4-6-10(16)3/h8-10H,4-7,14H2,1-3H3. The van der Waals surface area contributed by atoms with Crippen molar-refractivity contribution in [3.05, 3.63) is 11.9 Å². The molecule has 2 N–H and O–H groups in total. The summed E-state index contributed by atoms with van der Waals surface area (Å²) >= 11 is 0. The largest absolute Gasteiger partial charge is 0.396 e. The predicted molar refractivity (Wildman–Crippen MR) is 71.4 cm³/mol. The lowest BCUT2D eigenvalue weighted by Gasteiger charge is -2.32. The lowest BCUT2D eigenvalue weighted by molar-refractivity contribution is 0.0629. The fraction of sp³-hybridized carbons (Fsp3) is 0.692. The van der Waals surface area contributed by atoms with Crippen LogP contribution in [0.4, 0.5) is 5.69 Å². The highest BCUT2D eigenvalue weighted by Crippen LogP contribution is 2.21. The van der Waals surface area contributed by atoms with E-state index in [1.54, 1.807) is 10.9 Å². The number of anilines is 1. The Kier molecular flexibility index (Phi) is 3.59. The van der Waals surface area contributed by atoms with Gasteiger partial charge in [-0.15, -0.1) is 0 Å².